The van der Waals surface area contributed by atoms with Gasteiger partial charge < -0.3 is 9.47 Å². The summed E-state index contributed by atoms with van der Waals surface area (Å²) >= 11 is 0. The molecule has 3 nitrogen and oxygen atoms in total. The molecule has 0 aromatic carbocycles. The highest BCUT2D eigenvalue weighted by molar-refractivity contribution is 4.96. The maximum absolute atomic E-state index is 5.76. The summed E-state index contributed by atoms with van der Waals surface area (Å²) in [7, 11) is 0. The van der Waals surface area contributed by atoms with Gasteiger partial charge in [0.2, 0.25) is 0 Å². The van der Waals surface area contributed by atoms with Crippen LogP contribution in [-0.2, 0) is 9.47 Å². The molecule has 0 aromatic heterocycles. The molecule has 0 radical (unpaired) electrons. The molecule has 0 unspecified atom stereocenters. The molecule has 1 aliphatic heterocycles. The number of hydrogen-bond acceptors (Lipinski definition) is 3. The van der Waals surface area contributed by atoms with E-state index in [0.29, 0.717) is 0 Å². The Morgan fingerprint density at radius 2 is 2.13 bits per heavy atom. The summed E-state index contributed by atoms with van der Waals surface area (Å²) in [6.45, 7) is 5.75. The van der Waals surface area contributed by atoms with Crippen LogP contribution in [-0.4, -0.2) is 44.4 Å². The van der Waals surface area contributed by atoms with E-state index in [1.54, 1.807) is 0 Å². The van der Waals surface area contributed by atoms with Gasteiger partial charge in [-0.2, -0.15) is 0 Å². The average Bonchev–Trinajstić information content (AvgIpc) is 2.32. The van der Waals surface area contributed by atoms with Crippen molar-refractivity contribution in [3.63, 3.8) is 0 Å². The third kappa shape index (κ3) is 3.84. The largest absolute Gasteiger partial charge is 0.497 e. The molecular weight excluding hydrogens is 190 g/mol. The minimum atomic E-state index is 0.839. The fourth-order valence-corrected chi connectivity index (χ4v) is 2.07. The van der Waals surface area contributed by atoms with Gasteiger partial charge in [0, 0.05) is 26.1 Å². The van der Waals surface area contributed by atoms with Gasteiger partial charge in [-0.1, -0.05) is 0 Å². The van der Waals surface area contributed by atoms with Crippen LogP contribution in [0.1, 0.15) is 25.7 Å². The third-order valence-corrected chi connectivity index (χ3v) is 3.05. The molecule has 1 fully saturated rings. The minimum Gasteiger partial charge on any atom is -0.497 e. The number of hydrogen-bond donors (Lipinski definition) is 0. The topological polar surface area (TPSA) is 21.7 Å². The fourth-order valence-electron chi connectivity index (χ4n) is 2.07. The molecule has 3 heteroatoms. The lowest BCUT2D eigenvalue weighted by atomic mass is 10.1. The summed E-state index contributed by atoms with van der Waals surface area (Å²) in [5.74, 6) is 1.22. The first-order valence-corrected chi connectivity index (χ1v) is 6.07. The molecule has 0 amide bonds. The predicted octanol–water partition coefficient (Wildman–Crippen LogP) is 1.79. The third-order valence-electron chi connectivity index (χ3n) is 3.05. The molecule has 0 saturated carbocycles. The highest BCUT2D eigenvalue weighted by Gasteiger charge is 2.10. The van der Waals surface area contributed by atoms with Gasteiger partial charge in [0.25, 0.3) is 0 Å². The van der Waals surface area contributed by atoms with Crippen LogP contribution < -0.4 is 0 Å². The second kappa shape index (κ2) is 6.13. The summed E-state index contributed by atoms with van der Waals surface area (Å²) in [5.41, 5.74) is 0. The molecule has 2 rings (SSSR count). The lowest BCUT2D eigenvalue weighted by Crippen LogP contribution is -2.38. The lowest BCUT2D eigenvalue weighted by Gasteiger charge is -2.26. The smallest absolute Gasteiger partial charge is 0.100 e. The standard InChI is InChI=1S/C12H21NO2/c1-2-4-12(5-3-1)15-11-8-13-6-9-14-10-7-13/h4H,1-3,5-11H2. The van der Waals surface area contributed by atoms with E-state index in [2.05, 4.69) is 11.0 Å². The normalized spacial score (nSPS) is 23.6. The van der Waals surface area contributed by atoms with Crippen LogP contribution in [0.25, 0.3) is 0 Å². The van der Waals surface area contributed by atoms with Gasteiger partial charge in [0.05, 0.1) is 19.0 Å². The first-order valence-electron chi connectivity index (χ1n) is 6.07. The van der Waals surface area contributed by atoms with E-state index in [1.165, 1.54) is 25.0 Å². The van der Waals surface area contributed by atoms with Gasteiger partial charge in [-0.15, -0.1) is 0 Å². The number of nitrogens with zero attached hydrogens (tertiary/aromatic N) is 1. The Hall–Kier alpha value is -0.540. The van der Waals surface area contributed by atoms with Crippen LogP contribution in [0.15, 0.2) is 11.8 Å². The molecule has 0 aromatic rings. The quantitative estimate of drug-likeness (QED) is 0.707. The number of rotatable bonds is 4. The van der Waals surface area contributed by atoms with Crippen LogP contribution in [0, 0.1) is 0 Å². The van der Waals surface area contributed by atoms with E-state index >= 15 is 0 Å². The second-order valence-electron chi connectivity index (χ2n) is 4.22. The van der Waals surface area contributed by atoms with Gasteiger partial charge in [-0.05, 0) is 25.3 Å². The Balaban J connectivity index is 1.59. The monoisotopic (exact) mass is 211 g/mol. The van der Waals surface area contributed by atoms with Crippen LogP contribution >= 0.6 is 0 Å². The Bertz CT molecular complexity index is 210. The van der Waals surface area contributed by atoms with Gasteiger partial charge in [-0.3, -0.25) is 4.90 Å². The minimum absolute atomic E-state index is 0.839. The molecule has 1 heterocycles. The van der Waals surface area contributed by atoms with Crippen molar-refractivity contribution in [2.24, 2.45) is 0 Å². The molecule has 0 spiro atoms. The maximum Gasteiger partial charge on any atom is 0.100 e. The summed E-state index contributed by atoms with van der Waals surface area (Å²) in [5, 5.41) is 0. The van der Waals surface area contributed by atoms with Crippen molar-refractivity contribution in [2.75, 3.05) is 39.5 Å². The van der Waals surface area contributed by atoms with Crippen molar-refractivity contribution < 1.29 is 9.47 Å². The summed E-state index contributed by atoms with van der Waals surface area (Å²) in [4.78, 5) is 2.41. The zero-order valence-electron chi connectivity index (χ0n) is 9.41. The van der Waals surface area contributed by atoms with Crippen molar-refractivity contribution in [1.29, 1.82) is 0 Å². The first-order chi connectivity index (χ1) is 7.45. The number of ether oxygens (including phenoxy) is 2. The zero-order chi connectivity index (χ0) is 10.3. The van der Waals surface area contributed by atoms with E-state index in [1.807, 2.05) is 0 Å². The Kier molecular flexibility index (Phi) is 4.48. The molecule has 0 bridgehead atoms. The van der Waals surface area contributed by atoms with E-state index in [0.717, 1.165) is 45.9 Å². The van der Waals surface area contributed by atoms with Gasteiger partial charge in [0.15, 0.2) is 0 Å². The highest BCUT2D eigenvalue weighted by atomic mass is 16.5. The second-order valence-corrected chi connectivity index (χ2v) is 4.22. The van der Waals surface area contributed by atoms with Crippen LogP contribution in [0.4, 0.5) is 0 Å². The lowest BCUT2D eigenvalue weighted by molar-refractivity contribution is 0.0268. The summed E-state index contributed by atoms with van der Waals surface area (Å²) in [6.07, 6.45) is 7.22. The zero-order valence-corrected chi connectivity index (χ0v) is 9.41. The first kappa shape index (κ1) is 11.0. The van der Waals surface area contributed by atoms with Crippen molar-refractivity contribution in [2.45, 2.75) is 25.7 Å². The average molecular weight is 211 g/mol. The van der Waals surface area contributed by atoms with Gasteiger partial charge in [-0.25, -0.2) is 0 Å². The molecule has 0 atom stereocenters. The molecule has 1 aliphatic carbocycles. The van der Waals surface area contributed by atoms with Gasteiger partial charge >= 0.3 is 0 Å². The molecule has 0 N–H and O–H groups in total. The van der Waals surface area contributed by atoms with E-state index < -0.39 is 0 Å². The van der Waals surface area contributed by atoms with Gasteiger partial charge in [0.1, 0.15) is 6.61 Å². The van der Waals surface area contributed by atoms with Crippen molar-refractivity contribution in [1.82, 2.24) is 4.90 Å². The van der Waals surface area contributed by atoms with Crippen molar-refractivity contribution in [3.8, 4) is 0 Å². The van der Waals surface area contributed by atoms with Crippen LogP contribution in [0.2, 0.25) is 0 Å². The summed E-state index contributed by atoms with van der Waals surface area (Å²) < 4.78 is 11.1. The van der Waals surface area contributed by atoms with E-state index in [-0.39, 0.29) is 0 Å². The molecular formula is C12H21NO2. The number of morpholine rings is 1. The van der Waals surface area contributed by atoms with Crippen molar-refractivity contribution in [3.05, 3.63) is 11.8 Å². The van der Waals surface area contributed by atoms with E-state index in [9.17, 15) is 0 Å². The van der Waals surface area contributed by atoms with Crippen molar-refractivity contribution >= 4 is 0 Å². The number of allylic oxidation sites excluding steroid dienone is 2. The van der Waals surface area contributed by atoms with E-state index in [4.69, 9.17) is 9.47 Å². The highest BCUT2D eigenvalue weighted by Crippen LogP contribution is 2.17. The predicted molar refractivity (Wildman–Crippen MR) is 59.8 cm³/mol. The van der Waals surface area contributed by atoms with Crippen LogP contribution in [0.5, 0.6) is 0 Å². The molecule has 86 valence electrons. The maximum atomic E-state index is 5.76. The SMILES string of the molecule is C1=C(OCCN2CCOCC2)CCCC1. The Labute approximate surface area is 92.0 Å². The Morgan fingerprint density at radius 3 is 2.87 bits per heavy atom. The fraction of sp³-hybridized carbons (Fsp3) is 0.833. The molecule has 15 heavy (non-hydrogen) atoms. The van der Waals surface area contributed by atoms with Crippen LogP contribution in [0.3, 0.4) is 0 Å². The Morgan fingerprint density at radius 1 is 1.27 bits per heavy atom. The molecule has 1 saturated heterocycles. The summed E-state index contributed by atoms with van der Waals surface area (Å²) in [6, 6.07) is 0. The molecule has 2 aliphatic rings.